The molecule has 0 aliphatic heterocycles. The number of aromatic nitrogens is 2. The number of hydrogen-bond acceptors (Lipinski definition) is 4. The lowest BCUT2D eigenvalue weighted by Crippen LogP contribution is -2.26. The van der Waals surface area contributed by atoms with Crippen molar-refractivity contribution in [3.05, 3.63) is 41.7 Å². The van der Waals surface area contributed by atoms with Crippen LogP contribution in [0.2, 0.25) is 0 Å². The van der Waals surface area contributed by atoms with Gasteiger partial charge in [0.2, 0.25) is 5.91 Å². The predicted molar refractivity (Wildman–Crippen MR) is 97.1 cm³/mol. The van der Waals surface area contributed by atoms with Crippen molar-refractivity contribution in [3.8, 4) is 11.5 Å². The van der Waals surface area contributed by atoms with Crippen LogP contribution in [0.1, 0.15) is 31.4 Å². The van der Waals surface area contributed by atoms with E-state index in [4.69, 9.17) is 9.47 Å². The van der Waals surface area contributed by atoms with E-state index in [0.29, 0.717) is 37.7 Å². The van der Waals surface area contributed by atoms with Gasteiger partial charge in [-0.05, 0) is 50.5 Å². The second-order valence-electron chi connectivity index (χ2n) is 5.81. The molecule has 6 nitrogen and oxygen atoms in total. The molecule has 0 atom stereocenters. The van der Waals surface area contributed by atoms with Gasteiger partial charge in [0.1, 0.15) is 0 Å². The van der Waals surface area contributed by atoms with Crippen molar-refractivity contribution in [1.82, 2.24) is 15.1 Å². The summed E-state index contributed by atoms with van der Waals surface area (Å²) in [6.45, 7) is 8.44. The van der Waals surface area contributed by atoms with E-state index in [2.05, 4.69) is 10.4 Å². The number of ether oxygens (including phenoxy) is 2. The Morgan fingerprint density at radius 2 is 1.96 bits per heavy atom. The largest absolute Gasteiger partial charge is 0.490 e. The molecule has 1 heterocycles. The van der Waals surface area contributed by atoms with E-state index in [1.54, 1.807) is 0 Å². The zero-order valence-electron chi connectivity index (χ0n) is 15.2. The Kier molecular flexibility index (Phi) is 7.32. The summed E-state index contributed by atoms with van der Waals surface area (Å²) in [6.07, 6.45) is 5.01. The first kappa shape index (κ1) is 18.8. The third-order valence-electron chi connectivity index (χ3n) is 3.62. The summed E-state index contributed by atoms with van der Waals surface area (Å²) in [6, 6.07) is 5.64. The summed E-state index contributed by atoms with van der Waals surface area (Å²) in [5.41, 5.74) is 2.05. The maximum atomic E-state index is 12.1. The van der Waals surface area contributed by atoms with Crippen LogP contribution in [0.5, 0.6) is 11.5 Å². The smallest absolute Gasteiger partial charge is 0.224 e. The Hall–Kier alpha value is -2.50. The number of carbonyl (C=O) groups excluding carboxylic acids is 1. The van der Waals surface area contributed by atoms with Crippen molar-refractivity contribution in [2.24, 2.45) is 0 Å². The number of nitrogens with one attached hydrogen (secondary N) is 1. The Labute approximate surface area is 149 Å². The van der Waals surface area contributed by atoms with Crippen molar-refractivity contribution in [3.63, 3.8) is 0 Å². The average Bonchev–Trinajstić information content (AvgIpc) is 3.00. The third kappa shape index (κ3) is 6.14. The molecule has 0 saturated carbocycles. The summed E-state index contributed by atoms with van der Waals surface area (Å²) in [7, 11) is 0. The fourth-order valence-corrected chi connectivity index (χ4v) is 2.51. The molecule has 1 aromatic heterocycles. The normalized spacial score (nSPS) is 10.5. The summed E-state index contributed by atoms with van der Waals surface area (Å²) in [5, 5.41) is 7.18. The van der Waals surface area contributed by atoms with Crippen LogP contribution < -0.4 is 14.8 Å². The second kappa shape index (κ2) is 9.71. The highest BCUT2D eigenvalue weighted by atomic mass is 16.5. The minimum Gasteiger partial charge on any atom is -0.490 e. The fourth-order valence-electron chi connectivity index (χ4n) is 2.51. The van der Waals surface area contributed by atoms with Gasteiger partial charge in [0.05, 0.1) is 25.8 Å². The molecule has 0 radical (unpaired) electrons. The van der Waals surface area contributed by atoms with Crippen LogP contribution in [0.15, 0.2) is 30.6 Å². The van der Waals surface area contributed by atoms with Gasteiger partial charge in [0.15, 0.2) is 11.5 Å². The molecular weight excluding hydrogens is 318 g/mol. The minimum absolute atomic E-state index is 0.00301. The van der Waals surface area contributed by atoms with Gasteiger partial charge >= 0.3 is 0 Å². The molecule has 0 fully saturated rings. The molecule has 2 rings (SSSR count). The van der Waals surface area contributed by atoms with Gasteiger partial charge in [-0.25, -0.2) is 0 Å². The fraction of sp³-hybridized carbons (Fsp3) is 0.474. The number of rotatable bonds is 10. The van der Waals surface area contributed by atoms with Crippen LogP contribution in [0.25, 0.3) is 0 Å². The number of nitrogens with zero attached hydrogens (tertiary/aromatic N) is 2. The van der Waals surface area contributed by atoms with Crippen LogP contribution in [-0.2, 0) is 17.8 Å². The first-order valence-corrected chi connectivity index (χ1v) is 8.76. The van der Waals surface area contributed by atoms with E-state index < -0.39 is 0 Å². The second-order valence-corrected chi connectivity index (χ2v) is 5.81. The molecule has 6 heteroatoms. The SMILES string of the molecule is CCOc1ccc(CC(=O)NCCCn2cc(C)cn2)cc1OCC. The molecular formula is C19H27N3O3. The number of carbonyl (C=O) groups is 1. The molecule has 0 unspecified atom stereocenters. The summed E-state index contributed by atoms with van der Waals surface area (Å²) in [5.74, 6) is 1.40. The monoisotopic (exact) mass is 345 g/mol. The summed E-state index contributed by atoms with van der Waals surface area (Å²) >= 11 is 0. The molecule has 0 bridgehead atoms. The van der Waals surface area contributed by atoms with E-state index in [9.17, 15) is 4.79 Å². The molecule has 0 aliphatic carbocycles. The zero-order chi connectivity index (χ0) is 18.1. The molecule has 0 saturated heterocycles. The number of aryl methyl sites for hydroxylation is 2. The maximum Gasteiger partial charge on any atom is 0.224 e. The van der Waals surface area contributed by atoms with E-state index in [1.165, 1.54) is 0 Å². The van der Waals surface area contributed by atoms with Gasteiger partial charge in [0.25, 0.3) is 0 Å². The van der Waals surface area contributed by atoms with Crippen molar-refractivity contribution in [2.75, 3.05) is 19.8 Å². The lowest BCUT2D eigenvalue weighted by atomic mass is 10.1. The van der Waals surface area contributed by atoms with Crippen molar-refractivity contribution >= 4 is 5.91 Å². The summed E-state index contributed by atoms with van der Waals surface area (Å²) < 4.78 is 13.0. The van der Waals surface area contributed by atoms with Crippen LogP contribution in [-0.4, -0.2) is 35.4 Å². The van der Waals surface area contributed by atoms with Gasteiger partial charge in [-0.2, -0.15) is 5.10 Å². The highest BCUT2D eigenvalue weighted by Crippen LogP contribution is 2.28. The molecule has 1 N–H and O–H groups in total. The Bertz CT molecular complexity index is 682. The molecule has 25 heavy (non-hydrogen) atoms. The van der Waals surface area contributed by atoms with Crippen LogP contribution in [0.3, 0.4) is 0 Å². The topological polar surface area (TPSA) is 65.4 Å². The van der Waals surface area contributed by atoms with Crippen molar-refractivity contribution < 1.29 is 14.3 Å². The minimum atomic E-state index is 0.00301. The Balaban J connectivity index is 1.80. The van der Waals surface area contributed by atoms with E-state index in [0.717, 1.165) is 24.1 Å². The van der Waals surface area contributed by atoms with E-state index in [1.807, 2.05) is 56.0 Å². The highest BCUT2D eigenvalue weighted by Gasteiger charge is 2.09. The standard InChI is InChI=1S/C19H27N3O3/c1-4-24-17-8-7-16(11-18(17)25-5-2)12-19(23)20-9-6-10-22-14-15(3)13-21-22/h7-8,11,13-14H,4-6,9-10,12H2,1-3H3,(H,20,23). The Morgan fingerprint density at radius 1 is 1.20 bits per heavy atom. The average molecular weight is 345 g/mol. The van der Waals surface area contributed by atoms with Gasteiger partial charge in [0, 0.05) is 19.3 Å². The molecule has 2 aromatic rings. The highest BCUT2D eigenvalue weighted by molar-refractivity contribution is 5.78. The van der Waals surface area contributed by atoms with Crippen LogP contribution in [0, 0.1) is 6.92 Å². The zero-order valence-corrected chi connectivity index (χ0v) is 15.2. The molecule has 136 valence electrons. The third-order valence-corrected chi connectivity index (χ3v) is 3.62. The molecule has 1 amide bonds. The van der Waals surface area contributed by atoms with E-state index in [-0.39, 0.29) is 5.91 Å². The summed E-state index contributed by atoms with van der Waals surface area (Å²) in [4.78, 5) is 12.1. The molecule has 0 aliphatic rings. The first-order chi connectivity index (χ1) is 12.1. The van der Waals surface area contributed by atoms with Crippen LogP contribution >= 0.6 is 0 Å². The number of hydrogen-bond donors (Lipinski definition) is 1. The molecule has 0 spiro atoms. The lowest BCUT2D eigenvalue weighted by molar-refractivity contribution is -0.120. The first-order valence-electron chi connectivity index (χ1n) is 8.76. The lowest BCUT2D eigenvalue weighted by Gasteiger charge is -2.12. The molecule has 1 aromatic carbocycles. The van der Waals surface area contributed by atoms with E-state index >= 15 is 0 Å². The quantitative estimate of drug-likeness (QED) is 0.673. The van der Waals surface area contributed by atoms with Crippen molar-refractivity contribution in [2.45, 2.75) is 40.2 Å². The van der Waals surface area contributed by atoms with Gasteiger partial charge in [-0.15, -0.1) is 0 Å². The van der Waals surface area contributed by atoms with Gasteiger partial charge in [-0.1, -0.05) is 6.07 Å². The predicted octanol–water partition coefficient (Wildman–Crippen LogP) is 2.74. The van der Waals surface area contributed by atoms with Crippen LogP contribution in [0.4, 0.5) is 0 Å². The van der Waals surface area contributed by atoms with Gasteiger partial charge < -0.3 is 14.8 Å². The number of amides is 1. The number of benzene rings is 1. The van der Waals surface area contributed by atoms with Crippen molar-refractivity contribution in [1.29, 1.82) is 0 Å². The maximum absolute atomic E-state index is 12.1. The van der Waals surface area contributed by atoms with Gasteiger partial charge in [-0.3, -0.25) is 9.48 Å². The Morgan fingerprint density at radius 3 is 2.64 bits per heavy atom.